The van der Waals surface area contributed by atoms with Gasteiger partial charge in [0, 0.05) is 87.6 Å². The number of nitrogens with zero attached hydrogens (tertiary/aromatic N) is 6. The van der Waals surface area contributed by atoms with Crippen LogP contribution in [0.15, 0.2) is 48.7 Å². The van der Waals surface area contributed by atoms with Crippen LogP contribution < -0.4 is 20.3 Å². The number of methoxy groups -OCH3 is 1. The third kappa shape index (κ3) is 15.6. The van der Waals surface area contributed by atoms with Crippen LogP contribution in [-0.2, 0) is 36.8 Å². The minimum Gasteiger partial charge on any atom is -0.496 e. The average molecular weight is 861 g/mol. The highest BCUT2D eigenvalue weighted by molar-refractivity contribution is 5.72. The zero-order chi connectivity index (χ0) is 45.1. The lowest BCUT2D eigenvalue weighted by Crippen LogP contribution is -2.48. The van der Waals surface area contributed by atoms with E-state index in [1.807, 2.05) is 86.6 Å². The van der Waals surface area contributed by atoms with Crippen molar-refractivity contribution in [2.75, 3.05) is 89.4 Å². The van der Waals surface area contributed by atoms with Gasteiger partial charge in [0.2, 0.25) is 5.95 Å². The van der Waals surface area contributed by atoms with Crippen molar-refractivity contribution in [3.05, 3.63) is 59.8 Å². The quantitative estimate of drug-likeness (QED) is 0.0929. The molecule has 1 aromatic heterocycles. The van der Waals surface area contributed by atoms with Gasteiger partial charge in [-0.05, 0) is 117 Å². The van der Waals surface area contributed by atoms with Crippen LogP contribution in [0.2, 0.25) is 0 Å². The molecule has 0 bridgehead atoms. The van der Waals surface area contributed by atoms with Crippen molar-refractivity contribution in [3.63, 3.8) is 0 Å². The molecular formula is C46H68N8O8. The van der Waals surface area contributed by atoms with Gasteiger partial charge in [0.05, 0.1) is 39.1 Å². The minimum absolute atomic E-state index is 0.193. The fourth-order valence-electron chi connectivity index (χ4n) is 7.12. The van der Waals surface area contributed by atoms with E-state index in [-0.39, 0.29) is 12.5 Å². The Labute approximate surface area is 367 Å². The molecule has 2 N–H and O–H groups in total. The third-order valence-corrected chi connectivity index (χ3v) is 9.84. The van der Waals surface area contributed by atoms with E-state index in [0.29, 0.717) is 56.7 Å². The summed E-state index contributed by atoms with van der Waals surface area (Å²) < 4.78 is 28.1. The fourth-order valence-corrected chi connectivity index (χ4v) is 7.12. The molecule has 0 unspecified atom stereocenters. The van der Waals surface area contributed by atoms with Crippen molar-refractivity contribution < 1.29 is 38.1 Å². The number of alkyl carbamates (subject to hydrolysis) is 1. The average Bonchev–Trinajstić information content (AvgIpc) is 3.18. The summed E-state index contributed by atoms with van der Waals surface area (Å²) in [4.78, 5) is 56.3. The monoisotopic (exact) mass is 861 g/mol. The molecule has 2 saturated heterocycles. The lowest BCUT2D eigenvalue weighted by atomic mass is 10.1. The number of aromatic nitrogens is 2. The highest BCUT2D eigenvalue weighted by atomic mass is 16.6. The first-order valence-corrected chi connectivity index (χ1v) is 21.6. The maximum absolute atomic E-state index is 13.5. The number of anilines is 3. The molecule has 2 fully saturated rings. The summed E-state index contributed by atoms with van der Waals surface area (Å²) in [5.74, 6) is 0.855. The summed E-state index contributed by atoms with van der Waals surface area (Å²) in [5.41, 5.74) is 3.67. The molecule has 0 atom stereocenters. The molecular weight excluding hydrogens is 793 g/mol. The molecule has 3 heterocycles. The van der Waals surface area contributed by atoms with E-state index >= 15 is 0 Å². The highest BCUT2D eigenvalue weighted by Crippen LogP contribution is 2.31. The van der Waals surface area contributed by atoms with Crippen molar-refractivity contribution in [1.29, 1.82) is 0 Å². The SMILES string of the molecule is COc1ccc(-c2ccnc(Nc3ccc(N4CCOCC4)c(CN4CCN(CC(=O)OC(C)(C)C)CC4)c3)n2)cc1CN(CCCNC(=O)OC(C)(C)C)C(=O)OC(C)(C)C. The molecule has 3 aromatic rings. The van der Waals surface area contributed by atoms with Crippen LogP contribution in [0.4, 0.5) is 26.9 Å². The molecule has 0 radical (unpaired) electrons. The smallest absolute Gasteiger partial charge is 0.410 e. The molecule has 0 saturated carbocycles. The van der Waals surface area contributed by atoms with Gasteiger partial charge in [-0.1, -0.05) is 0 Å². The largest absolute Gasteiger partial charge is 0.496 e. The van der Waals surface area contributed by atoms with E-state index in [2.05, 4.69) is 48.5 Å². The first-order valence-electron chi connectivity index (χ1n) is 21.6. The van der Waals surface area contributed by atoms with Crippen LogP contribution in [0.5, 0.6) is 5.75 Å². The van der Waals surface area contributed by atoms with Gasteiger partial charge >= 0.3 is 18.2 Å². The number of benzene rings is 2. The van der Waals surface area contributed by atoms with Crippen molar-refractivity contribution >= 4 is 35.5 Å². The van der Waals surface area contributed by atoms with Gasteiger partial charge in [-0.3, -0.25) is 14.6 Å². The van der Waals surface area contributed by atoms with Gasteiger partial charge in [0.15, 0.2) is 0 Å². The Kier molecular flexibility index (Phi) is 16.4. The molecule has 0 aliphatic carbocycles. The molecule has 0 spiro atoms. The number of carbonyl (C=O) groups excluding carboxylic acids is 3. The Morgan fingerprint density at radius 3 is 2.13 bits per heavy atom. The Morgan fingerprint density at radius 2 is 1.47 bits per heavy atom. The number of piperazine rings is 1. The molecule has 2 aromatic carbocycles. The van der Waals surface area contributed by atoms with Crippen LogP contribution in [0.1, 0.15) is 79.9 Å². The highest BCUT2D eigenvalue weighted by Gasteiger charge is 2.26. The Morgan fingerprint density at radius 1 is 0.790 bits per heavy atom. The maximum Gasteiger partial charge on any atom is 0.410 e. The maximum atomic E-state index is 13.5. The number of ether oxygens (including phenoxy) is 5. The standard InChI is InChI=1S/C46H68N8O8/c1-44(2,3)60-40(55)32-52-22-20-51(21-23-52)30-34-29-36(13-14-38(34)53-24-26-59-27-25-53)49-41-47-18-16-37(50-41)33-12-15-39(58-10)35(28-33)31-54(43(57)62-46(7,8)9)19-11-17-48-42(56)61-45(4,5)6/h12-16,18,28-29H,11,17,19-27,30-32H2,1-10H3,(H,48,56)(H,47,49,50). The molecule has 62 heavy (non-hydrogen) atoms. The number of amides is 2. The van der Waals surface area contributed by atoms with Gasteiger partial charge in [-0.2, -0.15) is 0 Å². The predicted molar refractivity (Wildman–Crippen MR) is 240 cm³/mol. The second-order valence-electron chi connectivity index (χ2n) is 18.7. The fraction of sp³-hybridized carbons (Fsp3) is 0.587. The molecule has 340 valence electrons. The Hall–Kier alpha value is -5.19. The molecule has 5 rings (SSSR count). The van der Waals surface area contributed by atoms with Crippen molar-refractivity contribution in [1.82, 2.24) is 30.0 Å². The van der Waals surface area contributed by atoms with Gasteiger partial charge in [-0.25, -0.2) is 19.6 Å². The summed E-state index contributed by atoms with van der Waals surface area (Å²) >= 11 is 0. The van der Waals surface area contributed by atoms with Gasteiger partial charge in [0.25, 0.3) is 0 Å². The molecule has 16 nitrogen and oxygen atoms in total. The van der Waals surface area contributed by atoms with E-state index in [1.54, 1.807) is 18.2 Å². The summed E-state index contributed by atoms with van der Waals surface area (Å²) in [6, 6.07) is 14.0. The third-order valence-electron chi connectivity index (χ3n) is 9.84. The molecule has 2 amide bonds. The first kappa shape index (κ1) is 47.9. The lowest BCUT2D eigenvalue weighted by Gasteiger charge is -2.36. The number of morpholine rings is 1. The Balaban J connectivity index is 1.30. The zero-order valence-electron chi connectivity index (χ0n) is 38.5. The van der Waals surface area contributed by atoms with Crippen LogP contribution >= 0.6 is 0 Å². The number of hydrogen-bond donors (Lipinski definition) is 2. The second kappa shape index (κ2) is 21.3. The molecule has 2 aliphatic rings. The van der Waals surface area contributed by atoms with Gasteiger partial charge in [0.1, 0.15) is 22.6 Å². The van der Waals surface area contributed by atoms with Crippen molar-refractivity contribution in [2.24, 2.45) is 0 Å². The summed E-state index contributed by atoms with van der Waals surface area (Å²) in [6.07, 6.45) is 1.21. The number of esters is 1. The van der Waals surface area contributed by atoms with E-state index < -0.39 is 29.0 Å². The van der Waals surface area contributed by atoms with Crippen molar-refractivity contribution in [3.8, 4) is 17.0 Å². The second-order valence-corrected chi connectivity index (χ2v) is 18.7. The summed E-state index contributed by atoms with van der Waals surface area (Å²) in [5, 5.41) is 6.21. The van der Waals surface area contributed by atoms with Crippen LogP contribution in [-0.4, -0.2) is 139 Å². The number of hydrogen-bond acceptors (Lipinski definition) is 14. The summed E-state index contributed by atoms with van der Waals surface area (Å²) in [6.45, 7) is 24.7. The summed E-state index contributed by atoms with van der Waals surface area (Å²) in [7, 11) is 1.60. The van der Waals surface area contributed by atoms with Crippen LogP contribution in [0.25, 0.3) is 11.3 Å². The van der Waals surface area contributed by atoms with E-state index in [9.17, 15) is 14.4 Å². The van der Waals surface area contributed by atoms with Crippen LogP contribution in [0.3, 0.4) is 0 Å². The zero-order valence-corrected chi connectivity index (χ0v) is 38.5. The van der Waals surface area contributed by atoms with E-state index in [1.165, 1.54) is 11.3 Å². The molecule has 16 heteroatoms. The van der Waals surface area contributed by atoms with E-state index in [4.69, 9.17) is 28.7 Å². The Bertz CT molecular complexity index is 1960. The number of nitrogens with one attached hydrogen (secondary N) is 2. The first-order chi connectivity index (χ1) is 29.2. The van der Waals surface area contributed by atoms with Gasteiger partial charge in [-0.15, -0.1) is 0 Å². The predicted octanol–water partition coefficient (Wildman–Crippen LogP) is 6.84. The van der Waals surface area contributed by atoms with Crippen LogP contribution in [0, 0.1) is 0 Å². The number of carbonyl (C=O) groups is 3. The van der Waals surface area contributed by atoms with Crippen molar-refractivity contribution in [2.45, 2.75) is 98.6 Å². The lowest BCUT2D eigenvalue weighted by molar-refractivity contribution is -0.156. The molecule has 2 aliphatic heterocycles. The van der Waals surface area contributed by atoms with Gasteiger partial charge < -0.3 is 44.1 Å². The minimum atomic E-state index is -0.704. The van der Waals surface area contributed by atoms with E-state index in [0.717, 1.165) is 62.6 Å². The number of rotatable bonds is 15. The normalized spacial score (nSPS) is 15.4. The topological polar surface area (TPSA) is 160 Å².